The van der Waals surface area contributed by atoms with Crippen LogP contribution in [0.4, 0.5) is 10.1 Å². The molecule has 0 amide bonds. The van der Waals surface area contributed by atoms with Gasteiger partial charge in [0.2, 0.25) is 0 Å². The number of fused-ring (bicyclic) bond motifs is 1. The predicted molar refractivity (Wildman–Crippen MR) is 80.2 cm³/mol. The number of hydrogen-bond donors (Lipinski definition) is 0. The molecule has 5 heteroatoms. The summed E-state index contributed by atoms with van der Waals surface area (Å²) < 4.78 is 40.8. The molecule has 2 aromatic rings. The van der Waals surface area contributed by atoms with Gasteiger partial charge in [-0.1, -0.05) is 37.3 Å². The van der Waals surface area contributed by atoms with Crippen molar-refractivity contribution in [3.63, 3.8) is 0 Å². The van der Waals surface area contributed by atoms with Gasteiger partial charge in [0.15, 0.2) is 0 Å². The Bertz CT molecular complexity index is 773. The molecular formula is C16H16FNO2S. The van der Waals surface area contributed by atoms with Gasteiger partial charge in [0, 0.05) is 6.54 Å². The average Bonchev–Trinajstić information content (AvgIpc) is 2.46. The van der Waals surface area contributed by atoms with Gasteiger partial charge < -0.3 is 0 Å². The summed E-state index contributed by atoms with van der Waals surface area (Å²) in [4.78, 5) is -0.270. The van der Waals surface area contributed by atoms with Crippen molar-refractivity contribution >= 4 is 15.7 Å². The Morgan fingerprint density at radius 2 is 1.76 bits per heavy atom. The standard InChI is InChI=1S/C16H16FNO2S/c1-12-10-13-6-2-4-8-15(13)18(11-12)21(19,20)16-9-5-3-7-14(16)17/h2-9,12H,10-11H2,1H3. The van der Waals surface area contributed by atoms with E-state index >= 15 is 0 Å². The lowest BCUT2D eigenvalue weighted by atomic mass is 9.96. The molecule has 1 unspecified atom stereocenters. The zero-order valence-corrected chi connectivity index (χ0v) is 12.5. The lowest BCUT2D eigenvalue weighted by molar-refractivity contribution is 0.535. The lowest BCUT2D eigenvalue weighted by Crippen LogP contribution is -2.39. The maximum atomic E-state index is 13.9. The number of para-hydroxylation sites is 1. The third-order valence-corrected chi connectivity index (χ3v) is 5.52. The van der Waals surface area contributed by atoms with Crippen molar-refractivity contribution < 1.29 is 12.8 Å². The van der Waals surface area contributed by atoms with Gasteiger partial charge in [-0.2, -0.15) is 0 Å². The second-order valence-electron chi connectivity index (χ2n) is 5.40. The van der Waals surface area contributed by atoms with E-state index in [-0.39, 0.29) is 10.8 Å². The molecule has 110 valence electrons. The van der Waals surface area contributed by atoms with E-state index in [0.29, 0.717) is 12.2 Å². The maximum Gasteiger partial charge on any atom is 0.267 e. The topological polar surface area (TPSA) is 37.4 Å². The SMILES string of the molecule is CC1Cc2ccccc2N(S(=O)(=O)c2ccccc2F)C1. The van der Waals surface area contributed by atoms with Gasteiger partial charge in [-0.05, 0) is 36.1 Å². The number of sulfonamides is 1. The van der Waals surface area contributed by atoms with Crippen molar-refractivity contribution in [1.29, 1.82) is 0 Å². The lowest BCUT2D eigenvalue weighted by Gasteiger charge is -2.33. The molecule has 3 rings (SSSR count). The molecule has 0 aliphatic carbocycles. The highest BCUT2D eigenvalue weighted by Crippen LogP contribution is 2.34. The molecule has 1 atom stereocenters. The highest BCUT2D eigenvalue weighted by Gasteiger charge is 2.33. The van der Waals surface area contributed by atoms with Gasteiger partial charge in [0.1, 0.15) is 10.7 Å². The average molecular weight is 305 g/mol. The van der Waals surface area contributed by atoms with Gasteiger partial charge in [0.25, 0.3) is 10.0 Å². The van der Waals surface area contributed by atoms with E-state index in [0.717, 1.165) is 12.0 Å². The number of benzene rings is 2. The molecule has 0 N–H and O–H groups in total. The quantitative estimate of drug-likeness (QED) is 0.854. The summed E-state index contributed by atoms with van der Waals surface area (Å²) in [5.41, 5.74) is 1.63. The summed E-state index contributed by atoms with van der Waals surface area (Å²) in [7, 11) is -3.88. The van der Waals surface area contributed by atoms with Gasteiger partial charge >= 0.3 is 0 Å². The van der Waals surface area contributed by atoms with Crippen LogP contribution in [-0.4, -0.2) is 15.0 Å². The second kappa shape index (κ2) is 5.15. The molecule has 0 aromatic heterocycles. The van der Waals surface area contributed by atoms with Gasteiger partial charge in [-0.3, -0.25) is 4.31 Å². The highest BCUT2D eigenvalue weighted by molar-refractivity contribution is 7.92. The summed E-state index contributed by atoms with van der Waals surface area (Å²) in [5.74, 6) is -0.519. The highest BCUT2D eigenvalue weighted by atomic mass is 32.2. The molecule has 1 aliphatic rings. The van der Waals surface area contributed by atoms with Crippen molar-refractivity contribution in [1.82, 2.24) is 0 Å². The summed E-state index contributed by atoms with van der Waals surface area (Å²) >= 11 is 0. The van der Waals surface area contributed by atoms with Crippen LogP contribution in [0.1, 0.15) is 12.5 Å². The minimum atomic E-state index is -3.88. The van der Waals surface area contributed by atoms with Crippen LogP contribution < -0.4 is 4.31 Å². The smallest absolute Gasteiger partial charge is 0.266 e. The first-order chi connectivity index (χ1) is 10.00. The van der Waals surface area contributed by atoms with E-state index in [9.17, 15) is 12.8 Å². The molecule has 21 heavy (non-hydrogen) atoms. The Kier molecular flexibility index (Phi) is 3.45. The molecule has 0 radical (unpaired) electrons. The number of rotatable bonds is 2. The van der Waals surface area contributed by atoms with Crippen LogP contribution in [0.3, 0.4) is 0 Å². The maximum absolute atomic E-state index is 13.9. The zero-order valence-electron chi connectivity index (χ0n) is 11.7. The minimum absolute atomic E-state index is 0.196. The van der Waals surface area contributed by atoms with Crippen molar-refractivity contribution in [3.05, 3.63) is 59.9 Å². The summed E-state index contributed by atoms with van der Waals surface area (Å²) in [5, 5.41) is 0. The second-order valence-corrected chi connectivity index (χ2v) is 7.24. The third-order valence-electron chi connectivity index (χ3n) is 3.71. The predicted octanol–water partition coefficient (Wildman–Crippen LogP) is 3.21. The molecule has 3 nitrogen and oxygen atoms in total. The van der Waals surface area contributed by atoms with Crippen LogP contribution in [0.2, 0.25) is 0 Å². The van der Waals surface area contributed by atoms with E-state index in [1.807, 2.05) is 19.1 Å². The summed E-state index contributed by atoms with van der Waals surface area (Å²) in [6.07, 6.45) is 0.833. The Balaban J connectivity index is 2.14. The molecular weight excluding hydrogens is 289 g/mol. The third kappa shape index (κ3) is 2.42. The fraction of sp³-hybridized carbons (Fsp3) is 0.250. The van der Waals surface area contributed by atoms with E-state index in [4.69, 9.17) is 0 Å². The van der Waals surface area contributed by atoms with Crippen LogP contribution in [-0.2, 0) is 16.4 Å². The molecule has 0 spiro atoms. The van der Waals surface area contributed by atoms with E-state index < -0.39 is 15.8 Å². The molecule has 2 aromatic carbocycles. The monoisotopic (exact) mass is 305 g/mol. The van der Waals surface area contributed by atoms with Crippen LogP contribution >= 0.6 is 0 Å². The van der Waals surface area contributed by atoms with E-state index in [2.05, 4.69) is 0 Å². The molecule has 0 saturated heterocycles. The minimum Gasteiger partial charge on any atom is -0.266 e. The van der Waals surface area contributed by atoms with Crippen LogP contribution in [0.5, 0.6) is 0 Å². The Hall–Kier alpha value is -1.88. The number of halogens is 1. The van der Waals surface area contributed by atoms with Crippen molar-refractivity contribution in [2.75, 3.05) is 10.8 Å². The summed E-state index contributed by atoms with van der Waals surface area (Å²) in [6.45, 7) is 2.37. The number of anilines is 1. The van der Waals surface area contributed by atoms with E-state index in [1.165, 1.54) is 28.6 Å². The molecule has 1 heterocycles. The first kappa shape index (κ1) is 14.1. The normalized spacial score (nSPS) is 18.4. The fourth-order valence-electron chi connectivity index (χ4n) is 2.75. The van der Waals surface area contributed by atoms with Gasteiger partial charge in [0.05, 0.1) is 5.69 Å². The van der Waals surface area contributed by atoms with Crippen molar-refractivity contribution in [2.24, 2.45) is 5.92 Å². The van der Waals surface area contributed by atoms with Gasteiger partial charge in [-0.25, -0.2) is 12.8 Å². The van der Waals surface area contributed by atoms with Crippen LogP contribution in [0, 0.1) is 11.7 Å². The molecule has 0 bridgehead atoms. The van der Waals surface area contributed by atoms with Crippen molar-refractivity contribution in [2.45, 2.75) is 18.2 Å². The number of nitrogens with zero attached hydrogens (tertiary/aromatic N) is 1. The zero-order chi connectivity index (χ0) is 15.0. The van der Waals surface area contributed by atoms with Crippen LogP contribution in [0.25, 0.3) is 0 Å². The molecule has 1 aliphatic heterocycles. The van der Waals surface area contributed by atoms with Crippen molar-refractivity contribution in [3.8, 4) is 0 Å². The largest absolute Gasteiger partial charge is 0.267 e. The molecule has 0 saturated carbocycles. The Morgan fingerprint density at radius 1 is 1.10 bits per heavy atom. The fourth-order valence-corrected chi connectivity index (χ4v) is 4.44. The summed E-state index contributed by atoms with van der Waals surface area (Å²) in [6, 6.07) is 12.9. The first-order valence-corrected chi connectivity index (χ1v) is 8.29. The molecule has 0 fully saturated rings. The Morgan fingerprint density at radius 3 is 2.52 bits per heavy atom. The van der Waals surface area contributed by atoms with Gasteiger partial charge in [-0.15, -0.1) is 0 Å². The number of hydrogen-bond acceptors (Lipinski definition) is 2. The Labute approximate surface area is 124 Å². The van der Waals surface area contributed by atoms with E-state index in [1.54, 1.807) is 12.1 Å². The van der Waals surface area contributed by atoms with Crippen LogP contribution in [0.15, 0.2) is 53.4 Å². The first-order valence-electron chi connectivity index (χ1n) is 6.85.